The molecule has 12 aromatic carbocycles. The number of hydrogen-bond acceptors (Lipinski definition) is 6. The molecule has 0 bridgehead atoms. The van der Waals surface area contributed by atoms with E-state index in [9.17, 15) is 0 Å². The number of aryl methyl sites for hydroxylation is 5. The second-order valence-electron chi connectivity index (χ2n) is 33.9. The first-order valence-corrected chi connectivity index (χ1v) is 44.6. The molecule has 0 spiro atoms. The Morgan fingerprint density at radius 3 is 1.12 bits per heavy atom. The minimum absolute atomic E-state index is 0. The molecule has 663 valence electrons. The zero-order valence-corrected chi connectivity index (χ0v) is 83.5. The fraction of sp³-hybridized carbons (Fsp3) is 0.150. The van der Waals surface area contributed by atoms with Gasteiger partial charge < -0.3 is 43.6 Å². The molecule has 0 unspecified atom stereocenters. The topological polar surface area (TPSA) is 92.1 Å². The van der Waals surface area contributed by atoms with E-state index in [1.165, 1.54) is 127 Å². The molecule has 0 fully saturated rings. The summed E-state index contributed by atoms with van der Waals surface area (Å²) in [6.45, 7) is 27.1. The Morgan fingerprint density at radius 1 is 0.273 bits per heavy atom. The van der Waals surface area contributed by atoms with Crippen LogP contribution in [-0.2, 0) is 86.4 Å². The molecule has 9 aromatic heterocycles. The van der Waals surface area contributed by atoms with E-state index in [0.717, 1.165) is 93.6 Å². The Labute approximate surface area is 818 Å². The van der Waals surface area contributed by atoms with Crippen LogP contribution >= 0.6 is 0 Å². The number of fused-ring (bicyclic) bond motifs is 9. The monoisotopic (exact) mass is 2250 g/mol. The van der Waals surface area contributed by atoms with Crippen LogP contribution in [0, 0.1) is 81.8 Å². The first-order valence-electron chi connectivity index (χ1n) is 44.6. The molecule has 9 nitrogen and oxygen atoms in total. The van der Waals surface area contributed by atoms with Crippen LogP contribution in [0.25, 0.3) is 166 Å². The molecule has 0 aliphatic carbocycles. The van der Waals surface area contributed by atoms with Crippen LogP contribution in [0.5, 0.6) is 0 Å². The predicted molar refractivity (Wildman–Crippen MR) is 539 cm³/mol. The molecule has 0 N–H and O–H groups in total. The predicted octanol–water partition coefficient (Wildman–Crippen LogP) is 30.4. The van der Waals surface area contributed by atoms with Gasteiger partial charge in [-0.05, 0) is 188 Å². The van der Waals surface area contributed by atoms with Crippen molar-refractivity contribution in [1.82, 2.24) is 43.6 Å². The zero-order valence-electron chi connectivity index (χ0n) is 76.3. The van der Waals surface area contributed by atoms with Gasteiger partial charge in [0.1, 0.15) is 0 Å². The first kappa shape index (κ1) is 96.4. The number of pyridine rings is 6. The van der Waals surface area contributed by atoms with Crippen LogP contribution in [-0.4, -0.2) is 43.6 Å². The second-order valence-corrected chi connectivity index (χ2v) is 33.9. The van der Waals surface area contributed by atoms with Crippen LogP contribution < -0.4 is 0 Å². The van der Waals surface area contributed by atoms with Gasteiger partial charge >= 0.3 is 0 Å². The van der Waals surface area contributed by atoms with Crippen LogP contribution in [0.4, 0.5) is 0 Å². The largest absolute Gasteiger partial charge is 0.380 e. The van der Waals surface area contributed by atoms with E-state index >= 15 is 0 Å². The number of rotatable bonds is 16. The van der Waals surface area contributed by atoms with Gasteiger partial charge in [0.25, 0.3) is 0 Å². The van der Waals surface area contributed by atoms with Crippen LogP contribution in [0.1, 0.15) is 76.3 Å². The van der Waals surface area contributed by atoms with Crippen molar-refractivity contribution in [2.24, 2.45) is 17.8 Å². The Kier molecular flexibility index (Phi) is 33.7. The maximum absolute atomic E-state index is 4.60. The number of para-hydroxylation sites is 3. The van der Waals surface area contributed by atoms with Crippen LogP contribution in [0.15, 0.2) is 371 Å². The average Bonchev–Trinajstić information content (AvgIpc) is 1.60. The Bertz CT molecular complexity index is 7160. The van der Waals surface area contributed by atoms with Crippen molar-refractivity contribution in [1.29, 1.82) is 0 Å². The molecule has 9 heterocycles. The third-order valence-electron chi connectivity index (χ3n) is 22.9. The Hall–Kier alpha value is -13.1. The van der Waals surface area contributed by atoms with E-state index in [-0.39, 0.29) is 60.3 Å². The summed E-state index contributed by atoms with van der Waals surface area (Å²) in [6, 6.07) is 134. The standard InChI is InChI=1S/2C22H21N2.C21H19N2.C19H16N.2C18H14N.3Ir/c1-15(2)14-24-21-7-5-4-6-18(21)19-10-9-17(12-22(19)24)20-11-8-16(3)13-23-20;1-15(2)14-24-21-7-5-4-6-18(21)19-12-17(9-11-22(19)24)20-10-8-16(3)13-23-20;1-15(2)14-23-20-12-4-3-8-16(20)17-9-7-10-18(21(17)23)19-11-5-6-13-22-19;1-2-15-13-19(17-11-7-4-8-12-17)20-14-18(15)16-9-5-3-6-10-16;2*1-14-12-18(16-10-6-3-7-11-16)19-13-17(14)15-8-4-2-5-9-15;;;/h2*4-8,10-13,15H,14H2,1-3H3;3-9,11-13,15H,14H2,1-2H3;3-11,13-14H,2H2,1H3;2*2-10,12-13H,1H3;;;/q6*-1;;;. The van der Waals surface area contributed by atoms with E-state index in [2.05, 4.69) is 356 Å². The Morgan fingerprint density at radius 2 is 0.674 bits per heavy atom. The summed E-state index contributed by atoms with van der Waals surface area (Å²) in [4.78, 5) is 27.4. The van der Waals surface area contributed by atoms with Gasteiger partial charge in [0.05, 0.1) is 0 Å². The van der Waals surface area contributed by atoms with Crippen molar-refractivity contribution in [3.05, 3.63) is 435 Å². The molecule has 21 rings (SSSR count). The molecule has 0 aliphatic rings. The summed E-state index contributed by atoms with van der Waals surface area (Å²) >= 11 is 0. The Balaban J connectivity index is 0.000000134. The summed E-state index contributed by atoms with van der Waals surface area (Å²) in [5, 5.41) is 7.72. The van der Waals surface area contributed by atoms with Gasteiger partial charge in [-0.25, -0.2) is 0 Å². The summed E-state index contributed by atoms with van der Waals surface area (Å²) in [5.74, 6) is 1.77. The molecule has 0 saturated heterocycles. The number of aromatic nitrogens is 9. The first-order chi connectivity index (χ1) is 63.1. The van der Waals surface area contributed by atoms with Crippen molar-refractivity contribution in [3.8, 4) is 101 Å². The van der Waals surface area contributed by atoms with Crippen molar-refractivity contribution >= 4 is 65.4 Å². The maximum Gasteiger partial charge on any atom is 0.0391 e. The molecule has 0 aliphatic heterocycles. The van der Waals surface area contributed by atoms with Crippen molar-refractivity contribution in [2.75, 3.05) is 0 Å². The SMILES string of the molecule is CC(C)Cn1c2ccccc2c2cc[c-]c(-c3ccccn3)c21.CCc1cc(-c2[c-]cccc2)ncc1-c1ccccc1.Cc1cc(-c2[c-]cccc2)ncc1-c1ccccc1.Cc1cc(-c2[c-]cccc2)ncc1-c1ccccc1.Cc1ccc(-c2[c-]cc3c(c2)c2ccccc2n3CC(C)C)nc1.Cc1ccc(-c2[c-]cc3c4ccccc4n(CC(C)C)c3c2)nc1.[Ir].[Ir].[Ir]. The van der Waals surface area contributed by atoms with Crippen LogP contribution in [0.3, 0.4) is 0 Å². The summed E-state index contributed by atoms with van der Waals surface area (Å²) in [6.07, 6.45) is 12.5. The number of benzene rings is 12. The molecule has 3 radical (unpaired) electrons. The van der Waals surface area contributed by atoms with Gasteiger partial charge in [0.2, 0.25) is 0 Å². The summed E-state index contributed by atoms with van der Waals surface area (Å²) in [7, 11) is 0. The average molecular weight is 2250 g/mol. The quantitative estimate of drug-likeness (QED) is 0.0895. The van der Waals surface area contributed by atoms with E-state index in [4.69, 9.17) is 0 Å². The molecular weight excluding hydrogens is 2140 g/mol. The molecule has 21 aromatic rings. The molecule has 0 saturated carbocycles. The number of nitrogens with zero attached hydrogens (tertiary/aromatic N) is 9. The number of hydrogen-bond donors (Lipinski definition) is 0. The molecule has 12 heteroatoms. The summed E-state index contributed by atoms with van der Waals surface area (Å²) in [5.41, 5.74) is 33.1. The smallest absolute Gasteiger partial charge is 0.0391 e. The van der Waals surface area contributed by atoms with E-state index in [0.29, 0.717) is 17.8 Å². The molecule has 0 atom stereocenters. The van der Waals surface area contributed by atoms with Gasteiger partial charge in [-0.15, -0.1) is 179 Å². The van der Waals surface area contributed by atoms with Crippen molar-refractivity contribution in [3.63, 3.8) is 0 Å². The molecule has 132 heavy (non-hydrogen) atoms. The van der Waals surface area contributed by atoms with Crippen molar-refractivity contribution < 1.29 is 60.3 Å². The summed E-state index contributed by atoms with van der Waals surface area (Å²) < 4.78 is 7.27. The maximum atomic E-state index is 4.60. The normalized spacial score (nSPS) is 10.8. The van der Waals surface area contributed by atoms with Gasteiger partial charge in [-0.2, -0.15) is 0 Å². The van der Waals surface area contributed by atoms with Crippen LogP contribution in [0.2, 0.25) is 0 Å². The second kappa shape index (κ2) is 46.1. The molecular formula is C120H105Ir3N9-6. The third-order valence-corrected chi connectivity index (χ3v) is 22.9. The van der Waals surface area contributed by atoms with E-state index < -0.39 is 0 Å². The van der Waals surface area contributed by atoms with E-state index in [1.807, 2.05) is 171 Å². The van der Waals surface area contributed by atoms with Gasteiger partial charge in [0.15, 0.2) is 0 Å². The molecule has 0 amide bonds. The third kappa shape index (κ3) is 23.1. The van der Waals surface area contributed by atoms with Gasteiger partial charge in [-0.1, -0.05) is 265 Å². The van der Waals surface area contributed by atoms with Crippen molar-refractivity contribution in [2.45, 2.75) is 102 Å². The van der Waals surface area contributed by atoms with Gasteiger partial charge in [-0.3, -0.25) is 0 Å². The minimum atomic E-state index is 0. The fourth-order valence-electron chi connectivity index (χ4n) is 16.7. The fourth-order valence-corrected chi connectivity index (χ4v) is 16.7. The minimum Gasteiger partial charge on any atom is -0.380 e. The zero-order chi connectivity index (χ0) is 89.1. The van der Waals surface area contributed by atoms with E-state index in [1.54, 1.807) is 0 Å². The van der Waals surface area contributed by atoms with Gasteiger partial charge in [0, 0.05) is 150 Å².